The predicted molar refractivity (Wildman–Crippen MR) is 96.9 cm³/mol. The van der Waals surface area contributed by atoms with Crippen molar-refractivity contribution in [3.05, 3.63) is 38.8 Å². The maximum atomic E-state index is 12.2. The summed E-state index contributed by atoms with van der Waals surface area (Å²) < 4.78 is 33.6. The van der Waals surface area contributed by atoms with Gasteiger partial charge in [-0.1, -0.05) is 0 Å². The topological polar surface area (TPSA) is 78.7 Å². The summed E-state index contributed by atoms with van der Waals surface area (Å²) in [6, 6.07) is 4.35. The molecule has 0 spiro atoms. The molecule has 2 aromatic rings. The predicted octanol–water partition coefficient (Wildman–Crippen LogP) is 2.64. The molecule has 1 aliphatic rings. The van der Waals surface area contributed by atoms with Crippen molar-refractivity contribution in [1.82, 2.24) is 19.6 Å². The number of halogens is 3. The van der Waals surface area contributed by atoms with Gasteiger partial charge < -0.3 is 10.0 Å². The lowest BCUT2D eigenvalue weighted by molar-refractivity contribution is -0.192. The molecule has 0 aliphatic carbocycles. The molecule has 1 aliphatic heterocycles. The van der Waals surface area contributed by atoms with Crippen LogP contribution in [0.1, 0.15) is 31.5 Å². The zero-order valence-electron chi connectivity index (χ0n) is 15.9. The molecular formula is C17H21F3N4O3S. The molecular weight excluding hydrogens is 397 g/mol. The van der Waals surface area contributed by atoms with Crippen LogP contribution in [-0.2, 0) is 31.5 Å². The van der Waals surface area contributed by atoms with E-state index in [2.05, 4.69) is 29.1 Å². The van der Waals surface area contributed by atoms with Gasteiger partial charge in [-0.25, -0.2) is 4.79 Å². The molecule has 0 atom stereocenters. The fraction of sp³-hybridized carbons (Fsp3) is 0.471. The molecule has 7 nitrogen and oxygen atoms in total. The van der Waals surface area contributed by atoms with E-state index < -0.39 is 12.1 Å². The average Bonchev–Trinajstić information content (AvgIpc) is 3.24. The minimum absolute atomic E-state index is 0.0133. The Kier molecular flexibility index (Phi) is 6.50. The number of amides is 1. The van der Waals surface area contributed by atoms with Gasteiger partial charge >= 0.3 is 12.1 Å². The van der Waals surface area contributed by atoms with Gasteiger partial charge in [-0.15, -0.1) is 11.3 Å². The van der Waals surface area contributed by atoms with Crippen LogP contribution < -0.4 is 0 Å². The first-order chi connectivity index (χ1) is 12.9. The number of carbonyl (C=O) groups is 2. The molecule has 0 radical (unpaired) electrons. The van der Waals surface area contributed by atoms with E-state index >= 15 is 0 Å². The normalized spacial score (nSPS) is 13.7. The smallest absolute Gasteiger partial charge is 0.475 e. The molecule has 2 aromatic heterocycles. The Labute approximate surface area is 164 Å². The lowest BCUT2D eigenvalue weighted by Crippen LogP contribution is -2.24. The first kappa shape index (κ1) is 21.9. The summed E-state index contributed by atoms with van der Waals surface area (Å²) in [7, 11) is 5.46. The summed E-state index contributed by atoms with van der Waals surface area (Å²) in [5.74, 6) is -2.77. The number of aromatic nitrogens is 2. The molecule has 154 valence electrons. The second-order valence-corrected chi connectivity index (χ2v) is 7.93. The third-order valence-electron chi connectivity index (χ3n) is 4.06. The van der Waals surface area contributed by atoms with Gasteiger partial charge in [-0.2, -0.15) is 18.3 Å². The second kappa shape index (κ2) is 8.31. The van der Waals surface area contributed by atoms with Crippen LogP contribution >= 0.6 is 11.3 Å². The fourth-order valence-corrected chi connectivity index (χ4v) is 3.68. The van der Waals surface area contributed by atoms with Crippen molar-refractivity contribution in [3.63, 3.8) is 0 Å². The highest BCUT2D eigenvalue weighted by Gasteiger charge is 2.38. The average molecular weight is 418 g/mol. The maximum Gasteiger partial charge on any atom is 0.490 e. The van der Waals surface area contributed by atoms with E-state index in [1.54, 1.807) is 19.0 Å². The monoisotopic (exact) mass is 418 g/mol. The quantitative estimate of drug-likeness (QED) is 0.829. The molecule has 1 amide bonds. The van der Waals surface area contributed by atoms with Gasteiger partial charge in [0.25, 0.3) is 5.91 Å². The summed E-state index contributed by atoms with van der Waals surface area (Å²) in [5.41, 5.74) is 2.85. The highest BCUT2D eigenvalue weighted by molar-refractivity contribution is 7.11. The van der Waals surface area contributed by atoms with Crippen molar-refractivity contribution in [2.24, 2.45) is 7.05 Å². The Morgan fingerprint density at radius 2 is 1.89 bits per heavy atom. The highest BCUT2D eigenvalue weighted by atomic mass is 32.1. The summed E-state index contributed by atoms with van der Waals surface area (Å²) in [4.78, 5) is 27.8. The van der Waals surface area contributed by atoms with E-state index in [9.17, 15) is 18.0 Å². The van der Waals surface area contributed by atoms with E-state index in [-0.39, 0.29) is 5.91 Å². The molecule has 1 N–H and O–H groups in total. The number of carboxylic acids is 1. The number of aliphatic carboxylic acids is 1. The van der Waals surface area contributed by atoms with E-state index in [1.165, 1.54) is 9.75 Å². The number of nitrogens with zero attached hydrogens (tertiary/aromatic N) is 4. The molecule has 0 aromatic carbocycles. The fourth-order valence-electron chi connectivity index (χ4n) is 2.74. The van der Waals surface area contributed by atoms with Crippen molar-refractivity contribution in [3.8, 4) is 0 Å². The van der Waals surface area contributed by atoms with Crippen molar-refractivity contribution >= 4 is 23.2 Å². The van der Waals surface area contributed by atoms with Crippen LogP contribution in [0, 0.1) is 6.92 Å². The molecule has 11 heteroatoms. The number of rotatable bonds is 3. The standard InChI is InChI=1S/C15H20N4OS.C2HF3O2/c1-10-5-6-11(21-10)7-19-8-12-13(9-19)18(4)16-14(12)15(20)17(2)3;3-2(4,5)1(6)7/h5-6H,7-9H2,1-4H3;(H,6,7). The highest BCUT2D eigenvalue weighted by Crippen LogP contribution is 2.28. The summed E-state index contributed by atoms with van der Waals surface area (Å²) in [6.07, 6.45) is -5.08. The van der Waals surface area contributed by atoms with Gasteiger partial charge in [0.05, 0.1) is 5.69 Å². The van der Waals surface area contributed by atoms with E-state index in [4.69, 9.17) is 9.90 Å². The lowest BCUT2D eigenvalue weighted by Gasteiger charge is -2.15. The van der Waals surface area contributed by atoms with Crippen molar-refractivity contribution in [1.29, 1.82) is 0 Å². The summed E-state index contributed by atoms with van der Waals surface area (Å²) in [6.45, 7) is 4.72. The van der Waals surface area contributed by atoms with E-state index in [1.807, 2.05) is 23.1 Å². The van der Waals surface area contributed by atoms with Gasteiger partial charge in [-0.3, -0.25) is 14.4 Å². The van der Waals surface area contributed by atoms with Gasteiger partial charge in [0.1, 0.15) is 0 Å². The summed E-state index contributed by atoms with van der Waals surface area (Å²) in [5, 5.41) is 11.5. The zero-order valence-corrected chi connectivity index (χ0v) is 16.7. The minimum atomic E-state index is -5.08. The number of alkyl halides is 3. The molecule has 3 rings (SSSR count). The first-order valence-electron chi connectivity index (χ1n) is 8.24. The molecule has 28 heavy (non-hydrogen) atoms. The van der Waals surface area contributed by atoms with Crippen LogP contribution in [-0.4, -0.2) is 56.8 Å². The molecule has 0 bridgehead atoms. The van der Waals surface area contributed by atoms with E-state index in [0.29, 0.717) is 5.69 Å². The van der Waals surface area contributed by atoms with Gasteiger partial charge in [-0.05, 0) is 19.1 Å². The van der Waals surface area contributed by atoms with Crippen LogP contribution in [0.2, 0.25) is 0 Å². The first-order valence-corrected chi connectivity index (χ1v) is 9.06. The Balaban J connectivity index is 0.000000345. The number of thiophene rings is 1. The van der Waals surface area contributed by atoms with Gasteiger partial charge in [0.15, 0.2) is 5.69 Å². The third kappa shape index (κ3) is 5.10. The minimum Gasteiger partial charge on any atom is -0.475 e. The van der Waals surface area contributed by atoms with Crippen molar-refractivity contribution in [2.45, 2.75) is 32.7 Å². The van der Waals surface area contributed by atoms with Crippen LogP contribution in [0.4, 0.5) is 13.2 Å². The van der Waals surface area contributed by atoms with Crippen LogP contribution in [0.3, 0.4) is 0 Å². The number of hydrogen-bond donors (Lipinski definition) is 1. The Morgan fingerprint density at radius 1 is 1.29 bits per heavy atom. The number of carboxylic acid groups (broad SMARTS) is 1. The van der Waals surface area contributed by atoms with Crippen LogP contribution in [0.5, 0.6) is 0 Å². The van der Waals surface area contributed by atoms with Crippen molar-refractivity contribution in [2.75, 3.05) is 14.1 Å². The number of hydrogen-bond acceptors (Lipinski definition) is 5. The lowest BCUT2D eigenvalue weighted by atomic mass is 10.2. The Hall–Kier alpha value is -2.40. The number of fused-ring (bicyclic) bond motifs is 1. The van der Waals surface area contributed by atoms with Gasteiger partial charge in [0.2, 0.25) is 0 Å². The zero-order chi connectivity index (χ0) is 21.2. The largest absolute Gasteiger partial charge is 0.490 e. The molecule has 0 saturated heterocycles. The van der Waals surface area contributed by atoms with Crippen LogP contribution in [0.25, 0.3) is 0 Å². The SMILES string of the molecule is Cc1ccc(CN2Cc3c(C(=O)N(C)C)nn(C)c3C2)s1.O=C(O)C(F)(F)F. The molecule has 3 heterocycles. The molecule has 0 fully saturated rings. The van der Waals surface area contributed by atoms with E-state index in [0.717, 1.165) is 30.9 Å². The summed E-state index contributed by atoms with van der Waals surface area (Å²) >= 11 is 1.84. The molecule has 0 saturated carbocycles. The Bertz CT molecular complexity index is 874. The van der Waals surface area contributed by atoms with Crippen LogP contribution in [0.15, 0.2) is 12.1 Å². The third-order valence-corrected chi connectivity index (χ3v) is 5.04. The number of carbonyl (C=O) groups excluding carboxylic acids is 1. The van der Waals surface area contributed by atoms with Crippen molar-refractivity contribution < 1.29 is 27.9 Å². The second-order valence-electron chi connectivity index (χ2n) is 6.56. The molecule has 0 unspecified atom stereocenters. The Morgan fingerprint density at radius 3 is 2.36 bits per heavy atom. The van der Waals surface area contributed by atoms with Gasteiger partial charge in [0, 0.05) is 56.1 Å². The number of aryl methyl sites for hydroxylation is 2. The maximum absolute atomic E-state index is 12.2.